The van der Waals surface area contributed by atoms with E-state index in [-0.39, 0.29) is 12.5 Å². The summed E-state index contributed by atoms with van der Waals surface area (Å²) in [7, 11) is 1.86. The van der Waals surface area contributed by atoms with Crippen LogP contribution in [0.4, 0.5) is 5.13 Å². The molecule has 0 radical (unpaired) electrons. The van der Waals surface area contributed by atoms with Crippen molar-refractivity contribution >= 4 is 22.4 Å². The van der Waals surface area contributed by atoms with Gasteiger partial charge in [-0.15, -0.1) is 11.3 Å². The molecule has 6 nitrogen and oxygen atoms in total. The summed E-state index contributed by atoms with van der Waals surface area (Å²) in [5.74, 6) is 0.659. The minimum Gasteiger partial charge on any atom is -0.361 e. The van der Waals surface area contributed by atoms with E-state index < -0.39 is 0 Å². The summed E-state index contributed by atoms with van der Waals surface area (Å²) < 4.78 is 5.03. The zero-order valence-corrected chi connectivity index (χ0v) is 15.3. The van der Waals surface area contributed by atoms with E-state index in [9.17, 15) is 4.79 Å². The van der Waals surface area contributed by atoms with Crippen LogP contribution in [0.15, 0.2) is 40.2 Å². The largest absolute Gasteiger partial charge is 0.361 e. The molecule has 0 saturated carbocycles. The van der Waals surface area contributed by atoms with Crippen LogP contribution in [0.25, 0.3) is 11.3 Å². The molecular weight excluding hydrogens is 336 g/mol. The van der Waals surface area contributed by atoms with Gasteiger partial charge < -0.3 is 9.84 Å². The van der Waals surface area contributed by atoms with E-state index in [4.69, 9.17) is 4.52 Å². The first-order chi connectivity index (χ1) is 12.0. The molecule has 1 aromatic carbocycles. The van der Waals surface area contributed by atoms with Gasteiger partial charge in [-0.1, -0.05) is 35.0 Å². The van der Waals surface area contributed by atoms with Crippen molar-refractivity contribution in [3.63, 3.8) is 0 Å². The quantitative estimate of drug-likeness (QED) is 0.732. The molecule has 1 N–H and O–H groups in total. The van der Waals surface area contributed by atoms with Gasteiger partial charge in [-0.05, 0) is 20.9 Å². The van der Waals surface area contributed by atoms with Crippen molar-refractivity contribution in [1.82, 2.24) is 15.0 Å². The summed E-state index contributed by atoms with van der Waals surface area (Å²) in [6.45, 7) is 4.70. The molecule has 3 aromatic rings. The van der Waals surface area contributed by atoms with Gasteiger partial charge in [-0.2, -0.15) is 0 Å². The van der Waals surface area contributed by atoms with Crippen molar-refractivity contribution in [2.45, 2.75) is 20.4 Å². The topological polar surface area (TPSA) is 71.3 Å². The van der Waals surface area contributed by atoms with E-state index in [1.165, 1.54) is 16.9 Å². The maximum Gasteiger partial charge on any atom is 0.240 e. The van der Waals surface area contributed by atoms with Gasteiger partial charge in [-0.25, -0.2) is 4.98 Å². The first-order valence-electron chi connectivity index (χ1n) is 7.93. The lowest BCUT2D eigenvalue weighted by Crippen LogP contribution is -2.29. The molecule has 2 heterocycles. The molecule has 1 amide bonds. The molecule has 0 atom stereocenters. The average molecular weight is 356 g/mol. The van der Waals surface area contributed by atoms with Gasteiger partial charge in [0.1, 0.15) is 5.76 Å². The lowest BCUT2D eigenvalue weighted by atomic mass is 10.1. The van der Waals surface area contributed by atoms with Gasteiger partial charge in [0.2, 0.25) is 5.91 Å². The molecule has 0 bridgehead atoms. The molecule has 0 spiro atoms. The fourth-order valence-corrected chi connectivity index (χ4v) is 3.15. The zero-order chi connectivity index (χ0) is 17.8. The van der Waals surface area contributed by atoms with Crippen molar-refractivity contribution < 1.29 is 9.32 Å². The molecular formula is C18H20N4O2S. The Labute approximate surface area is 150 Å². The Balaban J connectivity index is 1.55. The van der Waals surface area contributed by atoms with Crippen LogP contribution in [0.5, 0.6) is 0 Å². The lowest BCUT2D eigenvalue weighted by molar-refractivity contribution is -0.117. The molecule has 0 aliphatic rings. The van der Waals surface area contributed by atoms with Gasteiger partial charge in [0.15, 0.2) is 5.13 Å². The highest BCUT2D eigenvalue weighted by molar-refractivity contribution is 7.14. The number of thiazole rings is 1. The number of anilines is 1. The predicted octanol–water partition coefficient (Wildman–Crippen LogP) is 3.49. The third-order valence-corrected chi connectivity index (χ3v) is 4.38. The van der Waals surface area contributed by atoms with Crippen LogP contribution < -0.4 is 5.32 Å². The smallest absolute Gasteiger partial charge is 0.240 e. The number of hydrogen-bond acceptors (Lipinski definition) is 6. The fraction of sp³-hybridized carbons (Fsp3) is 0.278. The number of aromatic nitrogens is 2. The summed E-state index contributed by atoms with van der Waals surface area (Å²) in [4.78, 5) is 18.5. The first-order valence-corrected chi connectivity index (χ1v) is 8.81. The first kappa shape index (κ1) is 17.3. The number of amides is 1. The second kappa shape index (κ2) is 7.58. The monoisotopic (exact) mass is 356 g/mol. The lowest BCUT2D eigenvalue weighted by Gasteiger charge is -2.13. The van der Waals surface area contributed by atoms with Crippen molar-refractivity contribution in [3.05, 3.63) is 52.7 Å². The zero-order valence-electron chi connectivity index (χ0n) is 14.4. The van der Waals surface area contributed by atoms with E-state index in [1.807, 2.05) is 61.5 Å². The van der Waals surface area contributed by atoms with Crippen molar-refractivity contribution in [2.24, 2.45) is 0 Å². The van der Waals surface area contributed by atoms with Crippen LogP contribution in [0.1, 0.15) is 17.0 Å². The predicted molar refractivity (Wildman–Crippen MR) is 98.5 cm³/mol. The summed E-state index contributed by atoms with van der Waals surface area (Å²) >= 11 is 1.42. The molecule has 0 unspecified atom stereocenters. The maximum absolute atomic E-state index is 12.2. The van der Waals surface area contributed by atoms with Crippen LogP contribution in [-0.2, 0) is 11.3 Å². The second-order valence-electron chi connectivity index (χ2n) is 6.05. The van der Waals surface area contributed by atoms with Crippen molar-refractivity contribution in [1.29, 1.82) is 0 Å². The molecule has 7 heteroatoms. The number of nitrogens with zero attached hydrogens (tertiary/aromatic N) is 3. The van der Waals surface area contributed by atoms with Crippen LogP contribution in [0.2, 0.25) is 0 Å². The number of aryl methyl sites for hydroxylation is 2. The van der Waals surface area contributed by atoms with Gasteiger partial charge in [0.25, 0.3) is 0 Å². The highest BCUT2D eigenvalue weighted by Crippen LogP contribution is 2.25. The Kier molecular flexibility index (Phi) is 5.25. The number of likely N-dealkylation sites (N-methyl/N-ethyl adjacent to an activating group) is 1. The number of benzene rings is 1. The van der Waals surface area contributed by atoms with E-state index in [2.05, 4.69) is 15.5 Å². The van der Waals surface area contributed by atoms with Crippen LogP contribution in [0, 0.1) is 13.8 Å². The van der Waals surface area contributed by atoms with Crippen molar-refractivity contribution in [3.8, 4) is 11.3 Å². The minimum atomic E-state index is -0.104. The molecule has 0 saturated heterocycles. The summed E-state index contributed by atoms with van der Waals surface area (Å²) in [5.41, 5.74) is 3.93. The Bertz CT molecular complexity index is 854. The Hall–Kier alpha value is -2.51. The summed E-state index contributed by atoms with van der Waals surface area (Å²) in [6.07, 6.45) is 0. The Morgan fingerprint density at radius 2 is 2.04 bits per heavy atom. The molecule has 3 rings (SSSR count). The van der Waals surface area contributed by atoms with Crippen LogP contribution in [0.3, 0.4) is 0 Å². The number of hydrogen-bond donors (Lipinski definition) is 1. The van der Waals surface area contributed by atoms with Crippen LogP contribution in [-0.4, -0.2) is 34.5 Å². The van der Waals surface area contributed by atoms with Crippen LogP contribution >= 0.6 is 11.3 Å². The Morgan fingerprint density at radius 1 is 1.28 bits per heavy atom. The minimum absolute atomic E-state index is 0.104. The maximum atomic E-state index is 12.2. The van der Waals surface area contributed by atoms with E-state index in [0.717, 1.165) is 22.7 Å². The van der Waals surface area contributed by atoms with Gasteiger partial charge in [0.05, 0.1) is 17.9 Å². The van der Waals surface area contributed by atoms with Gasteiger partial charge in [0, 0.05) is 23.6 Å². The average Bonchev–Trinajstić information content (AvgIpc) is 3.17. The van der Waals surface area contributed by atoms with Gasteiger partial charge in [-0.3, -0.25) is 9.69 Å². The highest BCUT2D eigenvalue weighted by Gasteiger charge is 2.12. The Morgan fingerprint density at radius 3 is 2.72 bits per heavy atom. The van der Waals surface area contributed by atoms with Crippen molar-refractivity contribution in [2.75, 3.05) is 18.9 Å². The third kappa shape index (κ3) is 4.74. The van der Waals surface area contributed by atoms with Gasteiger partial charge >= 0.3 is 0 Å². The molecule has 0 aliphatic carbocycles. The number of carbonyl (C=O) groups is 1. The number of carbonyl (C=O) groups excluding carboxylic acids is 1. The van der Waals surface area contributed by atoms with E-state index in [1.54, 1.807) is 0 Å². The second-order valence-corrected chi connectivity index (χ2v) is 6.91. The highest BCUT2D eigenvalue weighted by atomic mass is 32.1. The number of rotatable bonds is 6. The third-order valence-electron chi connectivity index (χ3n) is 3.62. The van der Waals surface area contributed by atoms with E-state index in [0.29, 0.717) is 11.7 Å². The fourth-order valence-electron chi connectivity index (χ4n) is 2.42. The molecule has 0 fully saturated rings. The molecule has 130 valence electrons. The van der Waals surface area contributed by atoms with E-state index >= 15 is 0 Å². The SMILES string of the molecule is Cc1ccc(-c2csc(NC(=O)CN(C)Cc3cc(C)on3)n2)cc1. The number of nitrogens with one attached hydrogen (secondary N) is 1. The normalized spacial score (nSPS) is 11.0. The standard InChI is InChI=1S/C18H20N4O2S/c1-12-4-6-14(7-5-12)16-11-25-18(19-16)20-17(23)10-22(3)9-15-8-13(2)24-21-15/h4-8,11H,9-10H2,1-3H3,(H,19,20,23). The molecule has 25 heavy (non-hydrogen) atoms. The summed E-state index contributed by atoms with van der Waals surface area (Å²) in [5, 5.41) is 9.33. The molecule has 2 aromatic heterocycles. The molecule has 0 aliphatic heterocycles. The summed E-state index contributed by atoms with van der Waals surface area (Å²) in [6, 6.07) is 10.0.